The number of anilines is 2. The first-order valence-corrected chi connectivity index (χ1v) is 11.8. The van der Waals surface area contributed by atoms with Crippen molar-refractivity contribution in [2.75, 3.05) is 48.2 Å². The van der Waals surface area contributed by atoms with Gasteiger partial charge in [-0.3, -0.25) is 9.10 Å². The Hall–Kier alpha value is -2.95. The number of alkyl halides is 3. The van der Waals surface area contributed by atoms with E-state index >= 15 is 0 Å². The first-order valence-electron chi connectivity index (χ1n) is 9.98. The van der Waals surface area contributed by atoms with Gasteiger partial charge < -0.3 is 14.5 Å². The number of piperazine rings is 1. The van der Waals surface area contributed by atoms with Crippen LogP contribution < -0.4 is 13.9 Å². The fourth-order valence-corrected chi connectivity index (χ4v) is 4.83. The molecule has 1 amide bonds. The number of ether oxygens (including phenoxy) is 1. The highest BCUT2D eigenvalue weighted by Crippen LogP contribution is 2.35. The summed E-state index contributed by atoms with van der Waals surface area (Å²) in [6.45, 7) is 1.14. The Balaban J connectivity index is 1.45. The predicted molar refractivity (Wildman–Crippen MR) is 113 cm³/mol. The predicted octanol–water partition coefficient (Wildman–Crippen LogP) is 2.58. The Morgan fingerprint density at radius 2 is 1.72 bits per heavy atom. The molecule has 2 aromatic carbocycles. The van der Waals surface area contributed by atoms with E-state index in [9.17, 15) is 26.4 Å². The molecule has 0 aromatic heterocycles. The highest BCUT2D eigenvalue weighted by atomic mass is 32.2. The monoisotopic (exact) mass is 469 g/mol. The highest BCUT2D eigenvalue weighted by molar-refractivity contribution is 7.92. The lowest BCUT2D eigenvalue weighted by atomic mass is 10.1. The van der Waals surface area contributed by atoms with Crippen LogP contribution in [0.25, 0.3) is 0 Å². The number of sulfonamides is 1. The number of carbonyl (C=O) groups is 1. The lowest BCUT2D eigenvalue weighted by Gasteiger charge is -2.40. The third kappa shape index (κ3) is 4.47. The minimum atomic E-state index is -4.42. The maximum absolute atomic E-state index is 13.1. The van der Waals surface area contributed by atoms with Crippen LogP contribution in [-0.4, -0.2) is 64.3 Å². The van der Waals surface area contributed by atoms with Crippen LogP contribution in [0.2, 0.25) is 0 Å². The van der Waals surface area contributed by atoms with Gasteiger partial charge in [0.25, 0.3) is 5.91 Å². The van der Waals surface area contributed by atoms with Crippen molar-refractivity contribution >= 4 is 27.3 Å². The molecule has 172 valence electrons. The first kappa shape index (κ1) is 22.3. The lowest BCUT2D eigenvalue weighted by molar-refractivity contribution is -0.139. The van der Waals surface area contributed by atoms with Crippen molar-refractivity contribution in [3.8, 4) is 5.75 Å². The normalized spacial score (nSPS) is 19.4. The molecule has 2 aliphatic heterocycles. The Kier molecular flexibility index (Phi) is 5.70. The van der Waals surface area contributed by atoms with Crippen LogP contribution in [0.1, 0.15) is 5.56 Å². The molecular formula is C21H22F3N3O4S. The molecule has 0 spiro atoms. The van der Waals surface area contributed by atoms with Crippen molar-refractivity contribution < 1.29 is 31.1 Å². The lowest BCUT2D eigenvalue weighted by Crippen LogP contribution is -2.56. The zero-order valence-corrected chi connectivity index (χ0v) is 18.1. The van der Waals surface area contributed by atoms with Crippen molar-refractivity contribution in [3.05, 3.63) is 54.1 Å². The molecule has 2 heterocycles. The molecule has 2 aliphatic rings. The second-order valence-electron chi connectivity index (χ2n) is 7.73. The fourth-order valence-electron chi connectivity index (χ4n) is 3.91. The molecule has 0 radical (unpaired) electrons. The van der Waals surface area contributed by atoms with Gasteiger partial charge in [0.2, 0.25) is 10.0 Å². The van der Waals surface area contributed by atoms with Crippen molar-refractivity contribution in [2.45, 2.75) is 12.3 Å². The number of fused-ring (bicyclic) bond motifs is 1. The second kappa shape index (κ2) is 8.19. The molecule has 0 bridgehead atoms. The van der Waals surface area contributed by atoms with Crippen LogP contribution in [0.4, 0.5) is 24.5 Å². The number of hydrogen-bond donors (Lipinski definition) is 0. The summed E-state index contributed by atoms with van der Waals surface area (Å²) in [7, 11) is -3.61. The quantitative estimate of drug-likeness (QED) is 0.691. The second-order valence-corrected chi connectivity index (χ2v) is 9.64. The number of amides is 1. The fraction of sp³-hybridized carbons (Fsp3) is 0.381. The summed E-state index contributed by atoms with van der Waals surface area (Å²) in [6.07, 6.45) is -4.35. The molecule has 1 saturated heterocycles. The van der Waals surface area contributed by atoms with Gasteiger partial charge in [-0.2, -0.15) is 13.2 Å². The van der Waals surface area contributed by atoms with Crippen molar-refractivity contribution in [1.29, 1.82) is 0 Å². The van der Waals surface area contributed by atoms with E-state index in [2.05, 4.69) is 0 Å². The largest absolute Gasteiger partial charge is 0.476 e. The number of nitrogens with zero attached hydrogens (tertiary/aromatic N) is 3. The van der Waals surface area contributed by atoms with Crippen molar-refractivity contribution in [2.24, 2.45) is 0 Å². The molecule has 4 rings (SSSR count). The van der Waals surface area contributed by atoms with Crippen molar-refractivity contribution in [1.82, 2.24) is 4.90 Å². The van der Waals surface area contributed by atoms with Gasteiger partial charge in [0, 0.05) is 31.9 Å². The summed E-state index contributed by atoms with van der Waals surface area (Å²) in [6, 6.07) is 11.7. The summed E-state index contributed by atoms with van der Waals surface area (Å²) >= 11 is 0. The van der Waals surface area contributed by atoms with Crippen LogP contribution >= 0.6 is 0 Å². The molecule has 0 N–H and O–H groups in total. The van der Waals surface area contributed by atoms with Crippen LogP contribution in [0.5, 0.6) is 5.75 Å². The van der Waals surface area contributed by atoms with Gasteiger partial charge in [-0.25, -0.2) is 8.42 Å². The number of para-hydroxylation sites is 2. The van der Waals surface area contributed by atoms with Gasteiger partial charge in [0.1, 0.15) is 5.75 Å². The van der Waals surface area contributed by atoms with E-state index in [1.807, 2.05) is 0 Å². The Morgan fingerprint density at radius 1 is 1.03 bits per heavy atom. The summed E-state index contributed by atoms with van der Waals surface area (Å²) in [4.78, 5) is 16.4. The molecule has 0 saturated carbocycles. The van der Waals surface area contributed by atoms with Crippen LogP contribution in [0.3, 0.4) is 0 Å². The van der Waals surface area contributed by atoms with Gasteiger partial charge in [-0.05, 0) is 30.3 Å². The minimum absolute atomic E-state index is 0.136. The molecule has 1 atom stereocenters. The SMILES string of the molecule is CS(=O)(=O)N1CC(C(=O)N2CCN(c3cccc(C(F)(F)F)c3)CC2)Oc2ccccc21. The zero-order chi connectivity index (χ0) is 23.1. The van der Waals surface area contributed by atoms with Gasteiger partial charge in [0.05, 0.1) is 24.1 Å². The third-order valence-corrected chi connectivity index (χ3v) is 6.69. The van der Waals surface area contributed by atoms with E-state index < -0.39 is 27.9 Å². The number of halogens is 3. The van der Waals surface area contributed by atoms with E-state index in [1.54, 1.807) is 40.1 Å². The number of carbonyl (C=O) groups excluding carboxylic acids is 1. The zero-order valence-electron chi connectivity index (χ0n) is 17.2. The molecule has 1 fully saturated rings. The van der Waals surface area contributed by atoms with Gasteiger partial charge in [-0.15, -0.1) is 0 Å². The Morgan fingerprint density at radius 3 is 2.38 bits per heavy atom. The van der Waals surface area contributed by atoms with E-state index in [0.717, 1.165) is 22.7 Å². The summed E-state index contributed by atoms with van der Waals surface area (Å²) in [5, 5.41) is 0. The molecule has 7 nitrogen and oxygen atoms in total. The smallest absolute Gasteiger partial charge is 0.416 e. The van der Waals surface area contributed by atoms with Crippen LogP contribution in [0, 0.1) is 0 Å². The van der Waals surface area contributed by atoms with Crippen molar-refractivity contribution in [3.63, 3.8) is 0 Å². The summed E-state index contributed by atoms with van der Waals surface area (Å²) < 4.78 is 70.5. The maximum atomic E-state index is 13.1. The minimum Gasteiger partial charge on any atom is -0.476 e. The van der Waals surface area contributed by atoms with Gasteiger partial charge in [-0.1, -0.05) is 18.2 Å². The topological polar surface area (TPSA) is 70.2 Å². The van der Waals surface area contributed by atoms with Crippen LogP contribution in [-0.2, 0) is 21.0 Å². The van der Waals surface area contributed by atoms with Gasteiger partial charge in [0.15, 0.2) is 6.10 Å². The molecular weight excluding hydrogens is 447 g/mol. The number of benzene rings is 2. The molecule has 32 heavy (non-hydrogen) atoms. The first-order chi connectivity index (χ1) is 15.0. The number of rotatable bonds is 3. The Bertz CT molecular complexity index is 1120. The number of hydrogen-bond acceptors (Lipinski definition) is 5. The Labute approximate surface area is 184 Å². The molecule has 11 heteroatoms. The van der Waals surface area contributed by atoms with Crippen LogP contribution in [0.15, 0.2) is 48.5 Å². The average molecular weight is 469 g/mol. The van der Waals surface area contributed by atoms with E-state index in [4.69, 9.17) is 4.74 Å². The maximum Gasteiger partial charge on any atom is 0.416 e. The highest BCUT2D eigenvalue weighted by Gasteiger charge is 2.38. The van der Waals surface area contributed by atoms with E-state index in [-0.39, 0.29) is 25.5 Å². The third-order valence-electron chi connectivity index (χ3n) is 5.54. The van der Waals surface area contributed by atoms with Gasteiger partial charge >= 0.3 is 6.18 Å². The van der Waals surface area contributed by atoms with E-state index in [1.165, 1.54) is 6.07 Å². The molecule has 2 aromatic rings. The summed E-state index contributed by atoms with van der Waals surface area (Å²) in [5.74, 6) is -0.0398. The van der Waals surface area contributed by atoms with E-state index in [0.29, 0.717) is 30.2 Å². The standard InChI is InChI=1S/C21H22F3N3O4S/c1-32(29,30)27-14-19(31-18-8-3-2-7-17(18)27)20(28)26-11-9-25(10-12-26)16-6-4-5-15(13-16)21(22,23)24/h2-8,13,19H,9-12,14H2,1H3. The average Bonchev–Trinajstić information content (AvgIpc) is 2.77. The molecule has 0 aliphatic carbocycles. The molecule has 1 unspecified atom stereocenters. The summed E-state index contributed by atoms with van der Waals surface area (Å²) in [5.41, 5.74) is 0.107.